The fourth-order valence-electron chi connectivity index (χ4n) is 1.30. The van der Waals surface area contributed by atoms with E-state index in [1.807, 2.05) is 24.3 Å². The lowest BCUT2D eigenvalue weighted by atomic mass is 10.1. The summed E-state index contributed by atoms with van der Waals surface area (Å²) in [6.07, 6.45) is 8.61. The van der Waals surface area contributed by atoms with E-state index in [0.29, 0.717) is 0 Å². The minimum absolute atomic E-state index is 0.798. The van der Waals surface area contributed by atoms with Crippen LogP contribution in [0.15, 0.2) is 36.6 Å². The summed E-state index contributed by atoms with van der Waals surface area (Å²) in [6.45, 7) is 0. The molecule has 1 aromatic heterocycles. The molecule has 2 rings (SSSR count). The molecule has 60 valence electrons. The first-order valence-electron chi connectivity index (χ1n) is 3.94. The Kier molecular flexibility index (Phi) is 1.67. The highest BCUT2D eigenvalue weighted by atomic mass is 14.7. The summed E-state index contributed by atoms with van der Waals surface area (Å²) in [5.74, 6) is 0. The molecule has 0 saturated heterocycles. The summed E-state index contributed by atoms with van der Waals surface area (Å²) in [4.78, 5) is 4.26. The van der Waals surface area contributed by atoms with Gasteiger partial charge in [-0.15, -0.1) is 0 Å². The van der Waals surface area contributed by atoms with E-state index in [-0.39, 0.29) is 0 Å². The van der Waals surface area contributed by atoms with Gasteiger partial charge in [-0.05, 0) is 18.2 Å². The molecule has 2 nitrogen and oxygen atoms in total. The van der Waals surface area contributed by atoms with E-state index in [4.69, 9.17) is 5.73 Å². The number of aromatic nitrogens is 1. The van der Waals surface area contributed by atoms with Crippen molar-refractivity contribution in [3.63, 3.8) is 0 Å². The third-order valence-corrected chi connectivity index (χ3v) is 1.92. The molecule has 0 unspecified atom stereocenters. The van der Waals surface area contributed by atoms with Crippen molar-refractivity contribution in [3.05, 3.63) is 47.8 Å². The Bertz CT molecular complexity index is 351. The van der Waals surface area contributed by atoms with Crippen LogP contribution in [0.4, 0.5) is 0 Å². The molecule has 0 spiro atoms. The van der Waals surface area contributed by atoms with Crippen LogP contribution in [0.25, 0.3) is 5.70 Å². The van der Waals surface area contributed by atoms with Crippen molar-refractivity contribution in [1.29, 1.82) is 0 Å². The molecule has 1 aliphatic rings. The lowest BCUT2D eigenvalue weighted by Gasteiger charge is -2.03. The highest BCUT2D eigenvalue weighted by molar-refractivity contribution is 5.66. The van der Waals surface area contributed by atoms with Crippen LogP contribution in [0.5, 0.6) is 0 Å². The normalized spacial score (nSPS) is 14.8. The van der Waals surface area contributed by atoms with Crippen molar-refractivity contribution in [2.45, 2.75) is 6.42 Å². The van der Waals surface area contributed by atoms with E-state index < -0.39 is 0 Å². The molecule has 0 atom stereocenters. The van der Waals surface area contributed by atoms with Crippen molar-refractivity contribution in [2.75, 3.05) is 0 Å². The van der Waals surface area contributed by atoms with Crippen molar-refractivity contribution in [2.24, 2.45) is 5.73 Å². The Labute approximate surface area is 71.4 Å². The number of nitrogens with zero attached hydrogens (tertiary/aromatic N) is 1. The number of rotatable bonds is 0. The summed E-state index contributed by atoms with van der Waals surface area (Å²) < 4.78 is 0. The van der Waals surface area contributed by atoms with Crippen LogP contribution in [0, 0.1) is 0 Å². The van der Waals surface area contributed by atoms with Crippen molar-refractivity contribution in [1.82, 2.24) is 4.98 Å². The second-order valence-electron chi connectivity index (χ2n) is 2.75. The summed E-state index contributed by atoms with van der Waals surface area (Å²) in [5, 5.41) is 0. The van der Waals surface area contributed by atoms with Gasteiger partial charge in [0, 0.05) is 23.9 Å². The number of hydrogen-bond acceptors (Lipinski definition) is 2. The van der Waals surface area contributed by atoms with Crippen LogP contribution in [0.1, 0.15) is 11.3 Å². The standard InChI is InChI=1S/C10H10N2/c11-9-5-1-2-6-10-8(9)4-3-7-12-10/h1-5,7H,6,11H2. The topological polar surface area (TPSA) is 38.9 Å². The monoisotopic (exact) mass is 158 g/mol. The average Bonchev–Trinajstić information content (AvgIpc) is 2.29. The maximum atomic E-state index is 5.82. The fraction of sp³-hybridized carbons (Fsp3) is 0.100. The molecule has 1 aromatic rings. The number of allylic oxidation sites excluding steroid dienone is 3. The first kappa shape index (κ1) is 7.10. The van der Waals surface area contributed by atoms with Gasteiger partial charge in [-0.1, -0.05) is 12.2 Å². The fourth-order valence-corrected chi connectivity index (χ4v) is 1.30. The molecule has 12 heavy (non-hydrogen) atoms. The summed E-state index contributed by atoms with van der Waals surface area (Å²) >= 11 is 0. The van der Waals surface area contributed by atoms with Crippen LogP contribution in [0.3, 0.4) is 0 Å². The van der Waals surface area contributed by atoms with Crippen LogP contribution in [-0.2, 0) is 6.42 Å². The summed E-state index contributed by atoms with van der Waals surface area (Å²) in [5.41, 5.74) is 8.73. The number of nitrogens with two attached hydrogens (primary N) is 1. The molecule has 0 radical (unpaired) electrons. The van der Waals surface area contributed by atoms with Crippen LogP contribution in [-0.4, -0.2) is 4.98 Å². The molecule has 2 N–H and O–H groups in total. The lowest BCUT2D eigenvalue weighted by Crippen LogP contribution is -2.00. The molecule has 0 amide bonds. The van der Waals surface area contributed by atoms with E-state index in [0.717, 1.165) is 23.4 Å². The van der Waals surface area contributed by atoms with Gasteiger partial charge in [-0.25, -0.2) is 0 Å². The predicted molar refractivity (Wildman–Crippen MR) is 49.2 cm³/mol. The molecule has 2 heteroatoms. The first-order valence-corrected chi connectivity index (χ1v) is 3.94. The molecule has 0 aliphatic heterocycles. The number of hydrogen-bond donors (Lipinski definition) is 1. The van der Waals surface area contributed by atoms with Gasteiger partial charge in [0.05, 0.1) is 5.69 Å². The van der Waals surface area contributed by atoms with Gasteiger partial charge >= 0.3 is 0 Å². The van der Waals surface area contributed by atoms with Gasteiger partial charge in [0.1, 0.15) is 0 Å². The Morgan fingerprint density at radius 1 is 1.42 bits per heavy atom. The zero-order valence-electron chi connectivity index (χ0n) is 6.70. The zero-order valence-corrected chi connectivity index (χ0v) is 6.70. The van der Waals surface area contributed by atoms with E-state index in [9.17, 15) is 0 Å². The third-order valence-electron chi connectivity index (χ3n) is 1.92. The SMILES string of the molecule is NC1=CC=CCc2ncccc21. The van der Waals surface area contributed by atoms with Crippen LogP contribution < -0.4 is 5.73 Å². The minimum Gasteiger partial charge on any atom is -0.398 e. The Balaban J connectivity index is 2.58. The highest BCUT2D eigenvalue weighted by Gasteiger charge is 2.05. The van der Waals surface area contributed by atoms with Gasteiger partial charge in [0.25, 0.3) is 0 Å². The van der Waals surface area contributed by atoms with E-state index >= 15 is 0 Å². The smallest absolute Gasteiger partial charge is 0.0534 e. The zero-order chi connectivity index (χ0) is 8.39. The first-order chi connectivity index (χ1) is 5.88. The molecule has 0 bridgehead atoms. The number of fused-ring (bicyclic) bond motifs is 1. The Morgan fingerprint density at radius 3 is 3.25 bits per heavy atom. The highest BCUT2D eigenvalue weighted by Crippen LogP contribution is 2.16. The van der Waals surface area contributed by atoms with Crippen molar-refractivity contribution < 1.29 is 0 Å². The second kappa shape index (κ2) is 2.81. The quantitative estimate of drug-likeness (QED) is 0.621. The van der Waals surface area contributed by atoms with Crippen molar-refractivity contribution >= 4 is 5.70 Å². The largest absolute Gasteiger partial charge is 0.398 e. The van der Waals surface area contributed by atoms with Gasteiger partial charge in [-0.3, -0.25) is 4.98 Å². The maximum absolute atomic E-state index is 5.82. The molecule has 1 heterocycles. The maximum Gasteiger partial charge on any atom is 0.0534 e. The summed E-state index contributed by atoms with van der Waals surface area (Å²) in [6, 6.07) is 3.91. The predicted octanol–water partition coefficient (Wildman–Crippen LogP) is 1.49. The van der Waals surface area contributed by atoms with Gasteiger partial charge in [0.15, 0.2) is 0 Å². The van der Waals surface area contributed by atoms with Crippen molar-refractivity contribution in [3.8, 4) is 0 Å². The molecular formula is C10H10N2. The van der Waals surface area contributed by atoms with Gasteiger partial charge in [0.2, 0.25) is 0 Å². The average molecular weight is 158 g/mol. The lowest BCUT2D eigenvalue weighted by molar-refractivity contribution is 1.10. The van der Waals surface area contributed by atoms with E-state index in [2.05, 4.69) is 11.1 Å². The summed E-state index contributed by atoms with van der Waals surface area (Å²) in [7, 11) is 0. The van der Waals surface area contributed by atoms with Gasteiger partial charge in [-0.2, -0.15) is 0 Å². The Hall–Kier alpha value is -1.57. The Morgan fingerprint density at radius 2 is 2.33 bits per heavy atom. The van der Waals surface area contributed by atoms with Crippen LogP contribution in [0.2, 0.25) is 0 Å². The molecule has 0 aromatic carbocycles. The van der Waals surface area contributed by atoms with Gasteiger partial charge < -0.3 is 5.73 Å². The van der Waals surface area contributed by atoms with E-state index in [1.165, 1.54) is 0 Å². The molecule has 0 saturated carbocycles. The third kappa shape index (κ3) is 1.11. The number of pyridine rings is 1. The molecular weight excluding hydrogens is 148 g/mol. The van der Waals surface area contributed by atoms with Crippen LogP contribution >= 0.6 is 0 Å². The molecule has 1 aliphatic carbocycles. The molecule has 0 fully saturated rings. The second-order valence-corrected chi connectivity index (χ2v) is 2.75. The minimum atomic E-state index is 0.798. The van der Waals surface area contributed by atoms with E-state index in [1.54, 1.807) is 6.20 Å².